The maximum absolute atomic E-state index is 9.23. The molecule has 1 aromatic heterocycles. The highest BCUT2D eigenvalue weighted by molar-refractivity contribution is 5.34. The number of methoxy groups -OCH3 is 1. The van der Waals surface area contributed by atoms with E-state index < -0.39 is 0 Å². The standard InChI is InChI=1S/C10H17N5O2/c1-17-10-14-8(11)13-9(15-10)12-7-4-2-3-6(7)5-16/h6-7,16H,2-5H2,1H3,(H3,11,12,13,14,15). The predicted molar refractivity (Wildman–Crippen MR) is 62.6 cm³/mol. The average molecular weight is 239 g/mol. The summed E-state index contributed by atoms with van der Waals surface area (Å²) < 4.78 is 4.92. The highest BCUT2D eigenvalue weighted by atomic mass is 16.5. The quantitative estimate of drug-likeness (QED) is 0.680. The first-order valence-electron chi connectivity index (χ1n) is 5.66. The zero-order valence-corrected chi connectivity index (χ0v) is 9.76. The van der Waals surface area contributed by atoms with Gasteiger partial charge in [0.2, 0.25) is 11.9 Å². The predicted octanol–water partition coefficient (Wildman–Crippen LogP) is 0.0353. The van der Waals surface area contributed by atoms with Gasteiger partial charge in [-0.2, -0.15) is 15.0 Å². The number of hydrogen-bond acceptors (Lipinski definition) is 7. The van der Waals surface area contributed by atoms with E-state index in [0.29, 0.717) is 5.95 Å². The molecule has 94 valence electrons. The lowest BCUT2D eigenvalue weighted by Crippen LogP contribution is -2.27. The number of nitrogens with one attached hydrogen (secondary N) is 1. The lowest BCUT2D eigenvalue weighted by molar-refractivity contribution is 0.222. The average Bonchev–Trinajstić information content (AvgIpc) is 2.75. The second-order valence-electron chi connectivity index (χ2n) is 4.13. The number of rotatable bonds is 4. The van der Waals surface area contributed by atoms with E-state index in [1.54, 1.807) is 0 Å². The molecule has 0 amide bonds. The Morgan fingerprint density at radius 2 is 2.24 bits per heavy atom. The number of nitrogens with two attached hydrogens (primary N) is 1. The van der Waals surface area contributed by atoms with E-state index in [1.807, 2.05) is 0 Å². The first kappa shape index (κ1) is 11.8. The summed E-state index contributed by atoms with van der Waals surface area (Å²) in [4.78, 5) is 11.9. The van der Waals surface area contributed by atoms with Crippen molar-refractivity contribution in [3.63, 3.8) is 0 Å². The van der Waals surface area contributed by atoms with Crippen LogP contribution in [0.3, 0.4) is 0 Å². The highest BCUT2D eigenvalue weighted by Gasteiger charge is 2.27. The van der Waals surface area contributed by atoms with Gasteiger partial charge in [-0.15, -0.1) is 0 Å². The number of aliphatic hydroxyl groups is 1. The van der Waals surface area contributed by atoms with E-state index in [2.05, 4.69) is 20.3 Å². The van der Waals surface area contributed by atoms with Crippen LogP contribution in [0.4, 0.5) is 11.9 Å². The van der Waals surface area contributed by atoms with Crippen molar-refractivity contribution in [1.29, 1.82) is 0 Å². The molecule has 0 aliphatic heterocycles. The Bertz CT molecular complexity index is 387. The highest BCUT2D eigenvalue weighted by Crippen LogP contribution is 2.27. The number of ether oxygens (including phenoxy) is 1. The van der Waals surface area contributed by atoms with E-state index >= 15 is 0 Å². The first-order chi connectivity index (χ1) is 8.22. The molecule has 1 aliphatic rings. The van der Waals surface area contributed by atoms with Crippen LogP contribution in [0, 0.1) is 5.92 Å². The molecule has 1 fully saturated rings. The van der Waals surface area contributed by atoms with Gasteiger partial charge in [-0.05, 0) is 12.8 Å². The van der Waals surface area contributed by atoms with Crippen LogP contribution in [0.25, 0.3) is 0 Å². The van der Waals surface area contributed by atoms with Crippen LogP contribution in [0.15, 0.2) is 0 Å². The van der Waals surface area contributed by atoms with Crippen molar-refractivity contribution in [3.05, 3.63) is 0 Å². The zero-order valence-electron chi connectivity index (χ0n) is 9.76. The van der Waals surface area contributed by atoms with Gasteiger partial charge in [0, 0.05) is 18.6 Å². The molecule has 0 bridgehead atoms. The number of aliphatic hydroxyl groups excluding tert-OH is 1. The number of nitrogen functional groups attached to an aromatic ring is 1. The van der Waals surface area contributed by atoms with Crippen molar-refractivity contribution in [3.8, 4) is 6.01 Å². The summed E-state index contributed by atoms with van der Waals surface area (Å²) in [5, 5.41) is 12.4. The Labute approximate surface area is 99.4 Å². The minimum absolute atomic E-state index is 0.123. The van der Waals surface area contributed by atoms with Gasteiger partial charge in [0.25, 0.3) is 0 Å². The van der Waals surface area contributed by atoms with Crippen LogP contribution in [-0.2, 0) is 0 Å². The maximum atomic E-state index is 9.23. The molecule has 7 nitrogen and oxygen atoms in total. The van der Waals surface area contributed by atoms with Gasteiger partial charge in [0.05, 0.1) is 7.11 Å². The third kappa shape index (κ3) is 2.73. The minimum Gasteiger partial charge on any atom is -0.467 e. The summed E-state index contributed by atoms with van der Waals surface area (Å²) in [7, 11) is 1.48. The molecule has 7 heteroatoms. The summed E-state index contributed by atoms with van der Waals surface area (Å²) in [6.07, 6.45) is 3.12. The van der Waals surface area contributed by atoms with Gasteiger partial charge < -0.3 is 20.9 Å². The van der Waals surface area contributed by atoms with Crippen molar-refractivity contribution in [2.24, 2.45) is 5.92 Å². The molecular weight excluding hydrogens is 222 g/mol. The van der Waals surface area contributed by atoms with Crippen LogP contribution < -0.4 is 15.8 Å². The molecule has 1 aromatic rings. The Morgan fingerprint density at radius 3 is 2.94 bits per heavy atom. The lowest BCUT2D eigenvalue weighted by atomic mass is 10.1. The summed E-state index contributed by atoms with van der Waals surface area (Å²) in [6, 6.07) is 0.380. The van der Waals surface area contributed by atoms with Gasteiger partial charge >= 0.3 is 6.01 Å². The molecule has 1 heterocycles. The third-order valence-electron chi connectivity index (χ3n) is 3.02. The monoisotopic (exact) mass is 239 g/mol. The van der Waals surface area contributed by atoms with Crippen molar-refractivity contribution < 1.29 is 9.84 Å². The molecule has 1 saturated carbocycles. The number of nitrogens with zero attached hydrogens (tertiary/aromatic N) is 3. The van der Waals surface area contributed by atoms with Crippen LogP contribution in [0.1, 0.15) is 19.3 Å². The molecule has 0 saturated heterocycles. The second-order valence-corrected chi connectivity index (χ2v) is 4.13. The summed E-state index contributed by atoms with van der Waals surface area (Å²) >= 11 is 0. The molecule has 4 N–H and O–H groups in total. The number of aromatic nitrogens is 3. The topological polar surface area (TPSA) is 106 Å². The fourth-order valence-corrected chi connectivity index (χ4v) is 2.14. The second kappa shape index (κ2) is 5.13. The lowest BCUT2D eigenvalue weighted by Gasteiger charge is -2.18. The molecule has 0 radical (unpaired) electrons. The third-order valence-corrected chi connectivity index (χ3v) is 3.02. The zero-order chi connectivity index (χ0) is 12.3. The van der Waals surface area contributed by atoms with Crippen molar-refractivity contribution >= 4 is 11.9 Å². The SMILES string of the molecule is COc1nc(N)nc(NC2CCCC2CO)n1. The van der Waals surface area contributed by atoms with Crippen LogP contribution in [0.2, 0.25) is 0 Å². The van der Waals surface area contributed by atoms with Gasteiger partial charge in [0.15, 0.2) is 0 Å². The minimum atomic E-state index is 0.123. The molecule has 1 aliphatic carbocycles. The van der Waals surface area contributed by atoms with Crippen LogP contribution >= 0.6 is 0 Å². The fraction of sp³-hybridized carbons (Fsp3) is 0.700. The van der Waals surface area contributed by atoms with Gasteiger partial charge in [-0.25, -0.2) is 0 Å². The fourth-order valence-electron chi connectivity index (χ4n) is 2.14. The molecule has 0 aromatic carbocycles. The van der Waals surface area contributed by atoms with E-state index in [0.717, 1.165) is 19.3 Å². The van der Waals surface area contributed by atoms with Crippen LogP contribution in [-0.4, -0.2) is 39.8 Å². The Balaban J connectivity index is 2.09. The first-order valence-corrected chi connectivity index (χ1v) is 5.66. The molecule has 17 heavy (non-hydrogen) atoms. The van der Waals surface area contributed by atoms with Crippen molar-refractivity contribution in [2.75, 3.05) is 24.8 Å². The van der Waals surface area contributed by atoms with E-state index in [9.17, 15) is 5.11 Å². The Hall–Kier alpha value is -1.63. The number of anilines is 2. The van der Waals surface area contributed by atoms with Gasteiger partial charge in [0.1, 0.15) is 0 Å². The van der Waals surface area contributed by atoms with E-state index in [4.69, 9.17) is 10.5 Å². The molecule has 2 rings (SSSR count). The van der Waals surface area contributed by atoms with Gasteiger partial charge in [-0.3, -0.25) is 0 Å². The van der Waals surface area contributed by atoms with Crippen molar-refractivity contribution in [1.82, 2.24) is 15.0 Å². The van der Waals surface area contributed by atoms with E-state index in [-0.39, 0.29) is 30.5 Å². The Kier molecular flexibility index (Phi) is 3.58. The summed E-state index contributed by atoms with van der Waals surface area (Å²) in [5.41, 5.74) is 5.54. The maximum Gasteiger partial charge on any atom is 0.322 e. The molecule has 2 atom stereocenters. The molecule has 0 spiro atoms. The van der Waals surface area contributed by atoms with E-state index in [1.165, 1.54) is 7.11 Å². The number of hydrogen-bond donors (Lipinski definition) is 3. The van der Waals surface area contributed by atoms with Crippen molar-refractivity contribution in [2.45, 2.75) is 25.3 Å². The summed E-state index contributed by atoms with van der Waals surface area (Å²) in [5.74, 6) is 0.775. The smallest absolute Gasteiger partial charge is 0.322 e. The normalized spacial score (nSPS) is 23.6. The molecular formula is C10H17N5O2. The largest absolute Gasteiger partial charge is 0.467 e. The summed E-state index contributed by atoms with van der Waals surface area (Å²) in [6.45, 7) is 0.176. The van der Waals surface area contributed by atoms with Gasteiger partial charge in [-0.1, -0.05) is 6.42 Å². The Morgan fingerprint density at radius 1 is 1.41 bits per heavy atom. The molecule has 2 unspecified atom stereocenters. The van der Waals surface area contributed by atoms with Crippen LogP contribution in [0.5, 0.6) is 6.01 Å².